The van der Waals surface area contributed by atoms with Crippen molar-refractivity contribution < 1.29 is 4.79 Å². The number of hydrogen-bond acceptors (Lipinski definition) is 3. The van der Waals surface area contributed by atoms with E-state index in [0.717, 1.165) is 13.0 Å². The van der Waals surface area contributed by atoms with E-state index in [1.165, 1.54) is 0 Å². The van der Waals surface area contributed by atoms with E-state index < -0.39 is 0 Å². The number of hydrogen-bond donors (Lipinski definition) is 0. The van der Waals surface area contributed by atoms with Gasteiger partial charge in [0.1, 0.15) is 0 Å². The van der Waals surface area contributed by atoms with Crippen molar-refractivity contribution in [2.45, 2.75) is 20.3 Å². The molecule has 1 atom stereocenters. The summed E-state index contributed by atoms with van der Waals surface area (Å²) in [5.41, 5.74) is 1.25. The van der Waals surface area contributed by atoms with Crippen LogP contribution in [-0.4, -0.2) is 30.8 Å². The number of nitrogens with zero attached hydrogens (tertiary/aromatic N) is 2. The van der Waals surface area contributed by atoms with Crippen molar-refractivity contribution >= 4 is 5.78 Å². The van der Waals surface area contributed by atoms with Crippen LogP contribution in [0.1, 0.15) is 36.2 Å². The summed E-state index contributed by atoms with van der Waals surface area (Å²) >= 11 is 0. The zero-order chi connectivity index (χ0) is 13.5. The molecule has 0 bridgehead atoms. The molecule has 0 radical (unpaired) electrons. The van der Waals surface area contributed by atoms with Crippen LogP contribution in [0.15, 0.2) is 24.3 Å². The van der Waals surface area contributed by atoms with Crippen molar-refractivity contribution in [1.29, 1.82) is 5.26 Å². The van der Waals surface area contributed by atoms with E-state index in [1.807, 2.05) is 13.1 Å². The SMILES string of the molecule is CCC(C)CN(C)CC(=O)c1ccc(C#N)cc1. The molecule has 0 amide bonds. The summed E-state index contributed by atoms with van der Waals surface area (Å²) in [7, 11) is 1.97. The lowest BCUT2D eigenvalue weighted by Gasteiger charge is -2.19. The molecule has 0 fully saturated rings. The molecular weight excluding hydrogens is 224 g/mol. The van der Waals surface area contributed by atoms with Crippen molar-refractivity contribution in [3.8, 4) is 6.07 Å². The van der Waals surface area contributed by atoms with Gasteiger partial charge in [0.2, 0.25) is 0 Å². The third-order valence-electron chi connectivity index (χ3n) is 3.07. The predicted molar refractivity (Wildman–Crippen MR) is 72.4 cm³/mol. The number of rotatable bonds is 6. The Bertz CT molecular complexity index is 431. The second-order valence-corrected chi connectivity index (χ2v) is 4.82. The van der Waals surface area contributed by atoms with Gasteiger partial charge < -0.3 is 0 Å². The molecule has 1 unspecified atom stereocenters. The van der Waals surface area contributed by atoms with E-state index in [0.29, 0.717) is 23.6 Å². The minimum Gasteiger partial charge on any atom is -0.299 e. The second-order valence-electron chi connectivity index (χ2n) is 4.82. The minimum absolute atomic E-state index is 0.102. The summed E-state index contributed by atoms with van der Waals surface area (Å²) in [6.45, 7) is 5.69. The van der Waals surface area contributed by atoms with Gasteiger partial charge in [0.25, 0.3) is 0 Å². The monoisotopic (exact) mass is 244 g/mol. The third-order valence-corrected chi connectivity index (χ3v) is 3.07. The van der Waals surface area contributed by atoms with Crippen molar-refractivity contribution in [3.05, 3.63) is 35.4 Å². The summed E-state index contributed by atoms with van der Waals surface area (Å²) in [5.74, 6) is 0.703. The Morgan fingerprint density at radius 2 is 2.00 bits per heavy atom. The number of nitriles is 1. The average Bonchev–Trinajstić information content (AvgIpc) is 2.38. The second kappa shape index (κ2) is 6.93. The number of ketones is 1. The van der Waals surface area contributed by atoms with Gasteiger partial charge in [0.15, 0.2) is 5.78 Å². The quantitative estimate of drug-likeness (QED) is 0.723. The van der Waals surface area contributed by atoms with Crippen LogP contribution in [0, 0.1) is 17.2 Å². The first-order valence-corrected chi connectivity index (χ1v) is 6.28. The standard InChI is InChI=1S/C15H20N2O/c1-4-12(2)10-17(3)11-15(18)14-7-5-13(9-16)6-8-14/h5-8,12H,4,10-11H2,1-3H3. The maximum atomic E-state index is 12.0. The Balaban J connectivity index is 2.57. The zero-order valence-corrected chi connectivity index (χ0v) is 11.3. The summed E-state index contributed by atoms with van der Waals surface area (Å²) < 4.78 is 0. The van der Waals surface area contributed by atoms with Crippen LogP contribution in [0.2, 0.25) is 0 Å². The van der Waals surface area contributed by atoms with Crippen LogP contribution >= 0.6 is 0 Å². The molecule has 0 aliphatic carbocycles. The average molecular weight is 244 g/mol. The van der Waals surface area contributed by atoms with Gasteiger partial charge >= 0.3 is 0 Å². The van der Waals surface area contributed by atoms with E-state index in [2.05, 4.69) is 18.7 Å². The lowest BCUT2D eigenvalue weighted by molar-refractivity contribution is 0.0939. The molecule has 0 saturated heterocycles. The summed E-state index contributed by atoms with van der Waals surface area (Å²) in [6.07, 6.45) is 1.12. The van der Waals surface area contributed by atoms with Gasteiger partial charge in [-0.2, -0.15) is 5.26 Å². The normalized spacial score (nSPS) is 12.2. The largest absolute Gasteiger partial charge is 0.299 e. The summed E-state index contributed by atoms with van der Waals surface area (Å²) in [6, 6.07) is 8.85. The first kappa shape index (κ1) is 14.4. The zero-order valence-electron chi connectivity index (χ0n) is 11.3. The first-order chi connectivity index (χ1) is 8.56. The molecule has 18 heavy (non-hydrogen) atoms. The maximum absolute atomic E-state index is 12.0. The van der Waals surface area contributed by atoms with Crippen LogP contribution in [0.4, 0.5) is 0 Å². The molecule has 0 saturated carbocycles. The predicted octanol–water partition coefficient (Wildman–Crippen LogP) is 2.72. The molecule has 1 aromatic carbocycles. The number of carbonyl (C=O) groups is 1. The molecule has 3 heteroatoms. The van der Waals surface area contributed by atoms with Crippen LogP contribution in [0.25, 0.3) is 0 Å². The smallest absolute Gasteiger partial charge is 0.176 e. The van der Waals surface area contributed by atoms with Crippen molar-refractivity contribution in [1.82, 2.24) is 4.90 Å². The Morgan fingerprint density at radius 3 is 2.50 bits per heavy atom. The van der Waals surface area contributed by atoms with Gasteiger partial charge in [-0.25, -0.2) is 0 Å². The highest BCUT2D eigenvalue weighted by atomic mass is 16.1. The molecular formula is C15H20N2O. The number of Topliss-reactive ketones (excluding diaryl/α,β-unsaturated/α-hetero) is 1. The Hall–Kier alpha value is -1.66. The molecule has 0 heterocycles. The molecule has 0 aromatic heterocycles. The Kier molecular flexibility index (Phi) is 5.54. The lowest BCUT2D eigenvalue weighted by atomic mass is 10.1. The van der Waals surface area contributed by atoms with Crippen molar-refractivity contribution in [2.24, 2.45) is 5.92 Å². The molecule has 0 N–H and O–H groups in total. The fourth-order valence-corrected chi connectivity index (χ4v) is 1.79. The van der Waals surface area contributed by atoms with Gasteiger partial charge in [-0.05, 0) is 25.1 Å². The molecule has 1 aromatic rings. The highest BCUT2D eigenvalue weighted by Gasteiger charge is 2.11. The fraction of sp³-hybridized carbons (Fsp3) is 0.467. The van der Waals surface area contributed by atoms with Crippen LogP contribution in [0.3, 0.4) is 0 Å². The van der Waals surface area contributed by atoms with E-state index >= 15 is 0 Å². The van der Waals surface area contributed by atoms with Gasteiger partial charge in [-0.3, -0.25) is 9.69 Å². The highest BCUT2D eigenvalue weighted by molar-refractivity contribution is 5.97. The van der Waals surface area contributed by atoms with Crippen molar-refractivity contribution in [3.63, 3.8) is 0 Å². The molecule has 0 spiro atoms. The van der Waals surface area contributed by atoms with E-state index in [-0.39, 0.29) is 5.78 Å². The van der Waals surface area contributed by atoms with Crippen LogP contribution in [-0.2, 0) is 0 Å². The van der Waals surface area contributed by atoms with Gasteiger partial charge in [0, 0.05) is 12.1 Å². The van der Waals surface area contributed by atoms with Gasteiger partial charge in [0.05, 0.1) is 18.2 Å². The molecule has 3 nitrogen and oxygen atoms in total. The molecule has 0 aliphatic rings. The molecule has 0 aliphatic heterocycles. The lowest BCUT2D eigenvalue weighted by Crippen LogP contribution is -2.30. The van der Waals surface area contributed by atoms with Crippen LogP contribution < -0.4 is 0 Å². The Labute approximate surface area is 109 Å². The number of carbonyl (C=O) groups excluding carboxylic acids is 1. The third kappa shape index (κ3) is 4.31. The van der Waals surface area contributed by atoms with E-state index in [1.54, 1.807) is 24.3 Å². The van der Waals surface area contributed by atoms with Gasteiger partial charge in [-0.15, -0.1) is 0 Å². The summed E-state index contributed by atoms with van der Waals surface area (Å²) in [4.78, 5) is 14.1. The molecule has 1 rings (SSSR count). The van der Waals surface area contributed by atoms with Gasteiger partial charge in [-0.1, -0.05) is 32.4 Å². The minimum atomic E-state index is 0.102. The highest BCUT2D eigenvalue weighted by Crippen LogP contribution is 2.07. The summed E-state index contributed by atoms with van der Waals surface area (Å²) in [5, 5.41) is 8.70. The maximum Gasteiger partial charge on any atom is 0.176 e. The molecule has 96 valence electrons. The number of likely N-dealkylation sites (N-methyl/N-ethyl adjacent to an activating group) is 1. The van der Waals surface area contributed by atoms with E-state index in [4.69, 9.17) is 5.26 Å². The topological polar surface area (TPSA) is 44.1 Å². The Morgan fingerprint density at radius 1 is 1.39 bits per heavy atom. The van der Waals surface area contributed by atoms with Crippen LogP contribution in [0.5, 0.6) is 0 Å². The van der Waals surface area contributed by atoms with Crippen molar-refractivity contribution in [2.75, 3.05) is 20.1 Å². The first-order valence-electron chi connectivity index (χ1n) is 6.28. The number of benzene rings is 1. The van der Waals surface area contributed by atoms with E-state index in [9.17, 15) is 4.79 Å². The fourth-order valence-electron chi connectivity index (χ4n) is 1.79.